The summed E-state index contributed by atoms with van der Waals surface area (Å²) in [6.07, 6.45) is 0.802. The molecule has 2 aromatic rings. The molecular formula is C23H27BrN2O4. The predicted molar refractivity (Wildman–Crippen MR) is 119 cm³/mol. The summed E-state index contributed by atoms with van der Waals surface area (Å²) in [4.78, 5) is 11.2. The quantitative estimate of drug-likeness (QED) is 0.391. The number of benzene rings is 2. The van der Waals surface area contributed by atoms with Gasteiger partial charge in [-0.25, -0.2) is 4.79 Å². The molecule has 0 aliphatic heterocycles. The van der Waals surface area contributed by atoms with Crippen LogP contribution in [0.3, 0.4) is 0 Å². The molecule has 1 aliphatic carbocycles. The van der Waals surface area contributed by atoms with Crippen molar-refractivity contribution in [2.75, 3.05) is 13.2 Å². The van der Waals surface area contributed by atoms with Crippen molar-refractivity contribution in [3.8, 4) is 0 Å². The summed E-state index contributed by atoms with van der Waals surface area (Å²) in [5, 5.41) is 25.8. The molecule has 0 saturated heterocycles. The maximum absolute atomic E-state index is 11.2. The molecule has 0 saturated carbocycles. The number of amides is 1. The second-order valence-electron chi connectivity index (χ2n) is 7.39. The van der Waals surface area contributed by atoms with E-state index >= 15 is 0 Å². The van der Waals surface area contributed by atoms with Crippen LogP contribution < -0.4 is 10.6 Å². The van der Waals surface area contributed by atoms with Gasteiger partial charge in [-0.3, -0.25) is 0 Å². The Morgan fingerprint density at radius 2 is 2.03 bits per heavy atom. The molecule has 1 amide bonds. The molecule has 0 aromatic heterocycles. The normalized spacial score (nSPS) is 19.7. The van der Waals surface area contributed by atoms with E-state index in [1.54, 1.807) is 6.08 Å². The van der Waals surface area contributed by atoms with Gasteiger partial charge < -0.3 is 25.6 Å². The molecule has 160 valence electrons. The minimum Gasteiger partial charge on any atom is -0.465 e. The van der Waals surface area contributed by atoms with Crippen molar-refractivity contribution < 1.29 is 19.7 Å². The second-order valence-corrected chi connectivity index (χ2v) is 8.31. The van der Waals surface area contributed by atoms with Gasteiger partial charge in [-0.2, -0.15) is 0 Å². The van der Waals surface area contributed by atoms with Crippen molar-refractivity contribution in [1.82, 2.24) is 10.6 Å². The second kappa shape index (κ2) is 10.7. The van der Waals surface area contributed by atoms with E-state index in [1.165, 1.54) is 0 Å². The number of aliphatic hydroxyl groups is 1. The van der Waals surface area contributed by atoms with Crippen LogP contribution in [0.2, 0.25) is 0 Å². The number of carbonyl (C=O) groups is 1. The van der Waals surface area contributed by atoms with Crippen LogP contribution in [0.1, 0.15) is 35.3 Å². The molecule has 4 N–H and O–H groups in total. The fraction of sp³-hybridized carbons (Fsp3) is 0.348. The van der Waals surface area contributed by atoms with Gasteiger partial charge >= 0.3 is 6.09 Å². The van der Waals surface area contributed by atoms with Gasteiger partial charge in [-0.05, 0) is 41.7 Å². The molecule has 3 rings (SSSR count). The molecule has 0 unspecified atom stereocenters. The predicted octanol–water partition coefficient (Wildman–Crippen LogP) is 3.97. The van der Waals surface area contributed by atoms with Crippen molar-refractivity contribution >= 4 is 22.0 Å². The molecule has 0 fully saturated rings. The summed E-state index contributed by atoms with van der Waals surface area (Å²) >= 11 is 3.52. The molecule has 0 radical (unpaired) electrons. The Kier molecular flexibility index (Phi) is 8.04. The third kappa shape index (κ3) is 5.92. The lowest BCUT2D eigenvalue weighted by Crippen LogP contribution is -2.48. The standard InChI is InChI=1S/C23H27BrN2O4/c1-2-10-30-22-13-19(18-12-16(24)8-9-17(18)22)25-14-21(27)20(26-23(28)29)11-15-6-4-3-5-7-15/h2-9,12,19-22,25-27H,1,10-11,13-14H2,(H,28,29)/t19-,20-,21-,22+/m0/s1. The number of rotatable bonds is 10. The molecular weight excluding hydrogens is 448 g/mol. The van der Waals surface area contributed by atoms with E-state index in [0.717, 1.165) is 27.6 Å². The summed E-state index contributed by atoms with van der Waals surface area (Å²) in [6.45, 7) is 4.43. The van der Waals surface area contributed by atoms with E-state index in [4.69, 9.17) is 4.74 Å². The van der Waals surface area contributed by atoms with E-state index in [1.807, 2.05) is 36.4 Å². The average molecular weight is 475 g/mol. The summed E-state index contributed by atoms with van der Waals surface area (Å²) in [6, 6.07) is 15.0. The molecule has 30 heavy (non-hydrogen) atoms. The number of halogens is 1. The zero-order valence-electron chi connectivity index (χ0n) is 16.6. The van der Waals surface area contributed by atoms with E-state index in [9.17, 15) is 15.0 Å². The van der Waals surface area contributed by atoms with E-state index in [0.29, 0.717) is 13.0 Å². The van der Waals surface area contributed by atoms with Crippen molar-refractivity contribution in [3.63, 3.8) is 0 Å². The van der Waals surface area contributed by atoms with Gasteiger partial charge in [0.1, 0.15) is 0 Å². The maximum atomic E-state index is 11.2. The Balaban J connectivity index is 1.67. The number of hydrogen-bond acceptors (Lipinski definition) is 4. The van der Waals surface area contributed by atoms with Crippen LogP contribution in [0.25, 0.3) is 0 Å². The molecule has 1 aliphatic rings. The minimum atomic E-state index is -1.15. The van der Waals surface area contributed by atoms with Crippen LogP contribution in [0.15, 0.2) is 65.7 Å². The van der Waals surface area contributed by atoms with Gasteiger partial charge in [0.25, 0.3) is 0 Å². The van der Waals surface area contributed by atoms with Crippen molar-refractivity contribution in [1.29, 1.82) is 0 Å². The highest BCUT2D eigenvalue weighted by atomic mass is 79.9. The number of carboxylic acid groups (broad SMARTS) is 1. The minimum absolute atomic E-state index is 0.00386. The van der Waals surface area contributed by atoms with Crippen LogP contribution >= 0.6 is 15.9 Å². The third-order valence-electron chi connectivity index (χ3n) is 5.28. The fourth-order valence-electron chi connectivity index (χ4n) is 3.86. The highest BCUT2D eigenvalue weighted by Crippen LogP contribution is 2.42. The number of hydrogen-bond donors (Lipinski definition) is 4. The summed E-state index contributed by atoms with van der Waals surface area (Å²) in [5.41, 5.74) is 3.20. The van der Waals surface area contributed by atoms with E-state index in [2.05, 4.69) is 45.3 Å². The zero-order chi connectivity index (χ0) is 21.5. The topological polar surface area (TPSA) is 90.8 Å². The summed E-state index contributed by atoms with van der Waals surface area (Å²) in [5.74, 6) is 0. The Morgan fingerprint density at radius 3 is 2.73 bits per heavy atom. The molecule has 7 heteroatoms. The summed E-state index contributed by atoms with van der Waals surface area (Å²) < 4.78 is 6.89. The molecule has 0 bridgehead atoms. The van der Waals surface area contributed by atoms with Crippen LogP contribution in [0.4, 0.5) is 4.79 Å². The van der Waals surface area contributed by atoms with Crippen LogP contribution in [0.5, 0.6) is 0 Å². The van der Waals surface area contributed by atoms with Gasteiger partial charge in [-0.1, -0.05) is 58.4 Å². The van der Waals surface area contributed by atoms with Gasteiger partial charge in [0.15, 0.2) is 0 Å². The van der Waals surface area contributed by atoms with Crippen molar-refractivity contribution in [2.24, 2.45) is 0 Å². The zero-order valence-corrected chi connectivity index (χ0v) is 18.2. The maximum Gasteiger partial charge on any atom is 0.404 e. The van der Waals surface area contributed by atoms with Crippen molar-refractivity contribution in [3.05, 3.63) is 82.3 Å². The molecule has 0 heterocycles. The van der Waals surface area contributed by atoms with E-state index in [-0.39, 0.29) is 18.7 Å². The van der Waals surface area contributed by atoms with Crippen LogP contribution in [-0.4, -0.2) is 41.6 Å². The lowest BCUT2D eigenvalue weighted by atomic mass is 10.0. The molecule has 6 nitrogen and oxygen atoms in total. The van der Waals surface area contributed by atoms with Gasteiger partial charge in [-0.15, -0.1) is 6.58 Å². The lowest BCUT2D eigenvalue weighted by Gasteiger charge is -2.25. The van der Waals surface area contributed by atoms with Gasteiger partial charge in [0.05, 0.1) is 24.9 Å². The first kappa shape index (κ1) is 22.5. The molecule has 4 atom stereocenters. The monoisotopic (exact) mass is 474 g/mol. The van der Waals surface area contributed by atoms with Crippen LogP contribution in [0, 0.1) is 0 Å². The Hall–Kier alpha value is -2.19. The first-order chi connectivity index (χ1) is 14.5. The number of fused-ring (bicyclic) bond motifs is 1. The smallest absolute Gasteiger partial charge is 0.404 e. The Labute approximate surface area is 185 Å². The first-order valence-corrected chi connectivity index (χ1v) is 10.7. The van der Waals surface area contributed by atoms with E-state index < -0.39 is 18.2 Å². The largest absolute Gasteiger partial charge is 0.465 e. The SMILES string of the molecule is C=CCO[C@@H]1C[C@H](NC[C@H](O)[C@H](Cc2ccccc2)NC(=O)O)c2cc(Br)ccc21. The number of ether oxygens (including phenoxy) is 1. The highest BCUT2D eigenvalue weighted by Gasteiger charge is 2.32. The Morgan fingerprint density at radius 1 is 1.27 bits per heavy atom. The molecule has 2 aromatic carbocycles. The van der Waals surface area contributed by atoms with Crippen molar-refractivity contribution in [2.45, 2.75) is 37.1 Å². The van der Waals surface area contributed by atoms with Crippen LogP contribution in [-0.2, 0) is 11.2 Å². The first-order valence-electron chi connectivity index (χ1n) is 9.94. The fourth-order valence-corrected chi connectivity index (χ4v) is 4.24. The average Bonchev–Trinajstić information content (AvgIpc) is 3.07. The highest BCUT2D eigenvalue weighted by molar-refractivity contribution is 9.10. The van der Waals surface area contributed by atoms with Gasteiger partial charge in [0, 0.05) is 17.1 Å². The lowest BCUT2D eigenvalue weighted by molar-refractivity contribution is 0.0672. The summed E-state index contributed by atoms with van der Waals surface area (Å²) in [7, 11) is 0. The number of aliphatic hydroxyl groups excluding tert-OH is 1. The molecule has 0 spiro atoms. The van der Waals surface area contributed by atoms with Gasteiger partial charge in [0.2, 0.25) is 0 Å². The third-order valence-corrected chi connectivity index (χ3v) is 5.77. The number of nitrogens with one attached hydrogen (secondary N) is 2. The Bertz CT molecular complexity index is 862.